The van der Waals surface area contributed by atoms with E-state index in [-0.39, 0.29) is 11.6 Å². The topological polar surface area (TPSA) is 94.5 Å². The number of aliphatic hydroxyl groups is 1. The molecule has 25 heavy (non-hydrogen) atoms. The highest BCUT2D eigenvalue weighted by Gasteiger charge is 2.37. The summed E-state index contributed by atoms with van der Waals surface area (Å²) < 4.78 is 9.68. The lowest BCUT2D eigenvalue weighted by atomic mass is 10.1. The molecule has 0 radical (unpaired) electrons. The summed E-state index contributed by atoms with van der Waals surface area (Å²) in [5, 5.41) is 10.6. The van der Waals surface area contributed by atoms with Crippen molar-refractivity contribution in [1.29, 1.82) is 0 Å². The van der Waals surface area contributed by atoms with E-state index >= 15 is 0 Å². The molecule has 2 aromatic heterocycles. The van der Waals surface area contributed by atoms with E-state index in [1.54, 1.807) is 17.9 Å². The van der Waals surface area contributed by atoms with Crippen molar-refractivity contribution in [2.24, 2.45) is 14.1 Å². The van der Waals surface area contributed by atoms with E-state index in [2.05, 4.69) is 9.88 Å². The van der Waals surface area contributed by atoms with Crippen molar-refractivity contribution in [3.8, 4) is 0 Å². The SMILES string of the molecule is Cn1c(=O)c2ncn([C@@H]3CN(C4CCOCC4)C[C@H]3O)c2n(C)c1=O. The summed E-state index contributed by atoms with van der Waals surface area (Å²) in [7, 11) is 3.07. The predicted molar refractivity (Wildman–Crippen MR) is 90.7 cm³/mol. The van der Waals surface area contributed by atoms with Crippen molar-refractivity contribution >= 4 is 11.2 Å². The molecule has 0 saturated carbocycles. The van der Waals surface area contributed by atoms with Gasteiger partial charge in [-0.3, -0.25) is 18.8 Å². The summed E-state index contributed by atoms with van der Waals surface area (Å²) in [4.78, 5) is 31.1. The zero-order chi connectivity index (χ0) is 17.7. The molecule has 0 aliphatic carbocycles. The number of hydrogen-bond donors (Lipinski definition) is 1. The number of fused-ring (bicyclic) bond motifs is 1. The van der Waals surface area contributed by atoms with Gasteiger partial charge in [-0.25, -0.2) is 9.78 Å². The third kappa shape index (κ3) is 2.54. The molecule has 0 amide bonds. The third-order valence-electron chi connectivity index (χ3n) is 5.52. The summed E-state index contributed by atoms with van der Waals surface area (Å²) in [5.74, 6) is 0. The smallest absolute Gasteiger partial charge is 0.332 e. The molecule has 0 spiro atoms. The Hall–Kier alpha value is -1.97. The minimum atomic E-state index is -0.570. The summed E-state index contributed by atoms with van der Waals surface area (Å²) in [6.07, 6.45) is 2.92. The number of β-amino-alcohol motifs (C(OH)–C–C–N with tert-alkyl or cyclic N) is 1. The second-order valence-corrected chi connectivity index (χ2v) is 6.96. The Morgan fingerprint density at radius 2 is 1.88 bits per heavy atom. The van der Waals surface area contributed by atoms with Gasteiger partial charge in [-0.15, -0.1) is 0 Å². The molecule has 2 aliphatic rings. The number of nitrogens with zero attached hydrogens (tertiary/aromatic N) is 5. The van der Waals surface area contributed by atoms with E-state index in [0.29, 0.717) is 24.8 Å². The van der Waals surface area contributed by atoms with Gasteiger partial charge in [-0.05, 0) is 12.8 Å². The lowest BCUT2D eigenvalue weighted by molar-refractivity contribution is 0.0377. The Morgan fingerprint density at radius 1 is 1.16 bits per heavy atom. The molecule has 0 aromatic carbocycles. The van der Waals surface area contributed by atoms with E-state index in [1.165, 1.54) is 11.6 Å². The number of aromatic nitrogens is 4. The molecular formula is C16H23N5O4. The second-order valence-electron chi connectivity index (χ2n) is 6.96. The molecule has 2 atom stereocenters. The zero-order valence-electron chi connectivity index (χ0n) is 14.5. The van der Waals surface area contributed by atoms with Crippen molar-refractivity contribution in [2.45, 2.75) is 31.0 Å². The molecule has 2 aromatic rings. The normalized spacial score (nSPS) is 25.9. The summed E-state index contributed by atoms with van der Waals surface area (Å²) in [6.45, 7) is 2.75. The average molecular weight is 349 g/mol. The van der Waals surface area contributed by atoms with E-state index in [1.807, 2.05) is 0 Å². The van der Waals surface area contributed by atoms with Gasteiger partial charge in [0.2, 0.25) is 0 Å². The lowest BCUT2D eigenvalue weighted by Gasteiger charge is -2.30. The maximum atomic E-state index is 12.3. The zero-order valence-corrected chi connectivity index (χ0v) is 14.5. The number of hydrogen-bond acceptors (Lipinski definition) is 6. The first kappa shape index (κ1) is 16.5. The minimum Gasteiger partial charge on any atom is -0.390 e. The van der Waals surface area contributed by atoms with Crippen LogP contribution in [0.25, 0.3) is 11.2 Å². The minimum absolute atomic E-state index is 0.231. The molecular weight excluding hydrogens is 326 g/mol. The number of imidazole rings is 1. The second kappa shape index (κ2) is 6.08. The number of aliphatic hydroxyl groups excluding tert-OH is 1. The van der Waals surface area contributed by atoms with Crippen LogP contribution in [0, 0.1) is 0 Å². The fourth-order valence-electron chi connectivity index (χ4n) is 4.06. The van der Waals surface area contributed by atoms with Crippen LogP contribution in [0.5, 0.6) is 0 Å². The molecule has 136 valence electrons. The van der Waals surface area contributed by atoms with Crippen LogP contribution < -0.4 is 11.2 Å². The Labute approximate surface area is 144 Å². The molecule has 0 unspecified atom stereocenters. The van der Waals surface area contributed by atoms with Crippen molar-refractivity contribution in [1.82, 2.24) is 23.6 Å². The highest BCUT2D eigenvalue weighted by Crippen LogP contribution is 2.28. The number of ether oxygens (including phenoxy) is 1. The first-order chi connectivity index (χ1) is 12.0. The first-order valence-electron chi connectivity index (χ1n) is 8.61. The maximum Gasteiger partial charge on any atom is 0.332 e. The van der Waals surface area contributed by atoms with Gasteiger partial charge in [0.05, 0.1) is 18.5 Å². The van der Waals surface area contributed by atoms with Crippen LogP contribution in [0.4, 0.5) is 0 Å². The molecule has 4 heterocycles. The summed E-state index contributed by atoms with van der Waals surface area (Å²) in [6, 6.07) is 0.172. The Balaban J connectivity index is 1.73. The van der Waals surface area contributed by atoms with Crippen molar-refractivity contribution in [3.63, 3.8) is 0 Å². The number of rotatable bonds is 2. The molecule has 0 bridgehead atoms. The molecule has 1 N–H and O–H groups in total. The van der Waals surface area contributed by atoms with Gasteiger partial charge in [0, 0.05) is 46.4 Å². The molecule has 2 aliphatic heterocycles. The fourth-order valence-corrected chi connectivity index (χ4v) is 4.06. The fraction of sp³-hybridized carbons (Fsp3) is 0.688. The van der Waals surface area contributed by atoms with E-state index < -0.39 is 17.4 Å². The Kier molecular flexibility index (Phi) is 4.01. The van der Waals surface area contributed by atoms with Crippen LogP contribution in [-0.4, -0.2) is 67.1 Å². The van der Waals surface area contributed by atoms with Gasteiger partial charge < -0.3 is 14.4 Å². The van der Waals surface area contributed by atoms with Gasteiger partial charge in [0.1, 0.15) is 5.65 Å². The van der Waals surface area contributed by atoms with Gasteiger partial charge in [-0.1, -0.05) is 0 Å². The van der Waals surface area contributed by atoms with E-state index in [9.17, 15) is 14.7 Å². The predicted octanol–water partition coefficient (Wildman–Crippen LogP) is -1.17. The first-order valence-corrected chi connectivity index (χ1v) is 8.61. The molecule has 4 rings (SSSR count). The Morgan fingerprint density at radius 3 is 2.60 bits per heavy atom. The lowest BCUT2D eigenvalue weighted by Crippen LogP contribution is -2.38. The average Bonchev–Trinajstić information content (AvgIpc) is 3.22. The largest absolute Gasteiger partial charge is 0.390 e. The van der Waals surface area contributed by atoms with Crippen LogP contribution in [0.15, 0.2) is 15.9 Å². The highest BCUT2D eigenvalue weighted by atomic mass is 16.5. The van der Waals surface area contributed by atoms with Crippen LogP contribution in [-0.2, 0) is 18.8 Å². The molecule has 9 heteroatoms. The summed E-state index contributed by atoms with van der Waals surface area (Å²) >= 11 is 0. The van der Waals surface area contributed by atoms with Crippen LogP contribution in [0.1, 0.15) is 18.9 Å². The van der Waals surface area contributed by atoms with Crippen molar-refractivity contribution < 1.29 is 9.84 Å². The highest BCUT2D eigenvalue weighted by molar-refractivity contribution is 5.70. The Bertz CT molecular complexity index is 908. The monoisotopic (exact) mass is 349 g/mol. The van der Waals surface area contributed by atoms with Crippen molar-refractivity contribution in [3.05, 3.63) is 27.2 Å². The molecule has 2 fully saturated rings. The van der Waals surface area contributed by atoms with Gasteiger partial charge in [0.25, 0.3) is 5.56 Å². The third-order valence-corrected chi connectivity index (χ3v) is 5.52. The van der Waals surface area contributed by atoms with E-state index in [4.69, 9.17) is 4.74 Å². The quantitative estimate of drug-likeness (QED) is 0.734. The molecule has 2 saturated heterocycles. The van der Waals surface area contributed by atoms with Gasteiger partial charge >= 0.3 is 5.69 Å². The number of aryl methyl sites for hydroxylation is 1. The van der Waals surface area contributed by atoms with Crippen LogP contribution in [0.2, 0.25) is 0 Å². The standard InChI is InChI=1S/C16H23N5O4/c1-18-14-13(15(23)19(2)16(18)24)17-9-21(14)11-7-20(8-12(11)22)10-3-5-25-6-4-10/h9-12,22H,3-8H2,1-2H3/t11-,12-/m1/s1. The summed E-state index contributed by atoms with van der Waals surface area (Å²) in [5.41, 5.74) is -0.0917. The van der Waals surface area contributed by atoms with Crippen molar-refractivity contribution in [2.75, 3.05) is 26.3 Å². The van der Waals surface area contributed by atoms with Gasteiger partial charge in [-0.2, -0.15) is 0 Å². The molecule has 9 nitrogen and oxygen atoms in total. The van der Waals surface area contributed by atoms with Gasteiger partial charge in [0.15, 0.2) is 5.52 Å². The van der Waals surface area contributed by atoms with Crippen LogP contribution >= 0.6 is 0 Å². The maximum absolute atomic E-state index is 12.3. The van der Waals surface area contributed by atoms with E-state index in [0.717, 1.165) is 30.6 Å². The number of likely N-dealkylation sites (tertiary alicyclic amines) is 1. The van der Waals surface area contributed by atoms with Crippen LogP contribution in [0.3, 0.4) is 0 Å².